The monoisotopic (exact) mass is 309 g/mol. The van der Waals surface area contributed by atoms with Crippen molar-refractivity contribution in [3.05, 3.63) is 42.0 Å². The van der Waals surface area contributed by atoms with Gasteiger partial charge in [0, 0.05) is 26.1 Å². The van der Waals surface area contributed by atoms with Gasteiger partial charge >= 0.3 is 0 Å². The van der Waals surface area contributed by atoms with Crippen molar-refractivity contribution < 1.29 is 8.42 Å². The van der Waals surface area contributed by atoms with Gasteiger partial charge in [0.25, 0.3) is 0 Å². The number of hydrogen-bond acceptors (Lipinski definition) is 5. The molecular formula is C13H19N5O2S. The predicted octanol–water partition coefficient (Wildman–Crippen LogP) is 0.356. The zero-order chi connectivity index (χ0) is 15.5. The molecule has 0 radical (unpaired) electrons. The molecule has 8 heteroatoms. The summed E-state index contributed by atoms with van der Waals surface area (Å²) in [6.45, 7) is 2.10. The van der Waals surface area contributed by atoms with Crippen molar-refractivity contribution in [2.24, 2.45) is 12.8 Å². The second kappa shape index (κ2) is 6.33. The predicted molar refractivity (Wildman–Crippen MR) is 78.9 cm³/mol. The lowest BCUT2D eigenvalue weighted by Gasteiger charge is -2.08. The molecule has 0 aliphatic rings. The van der Waals surface area contributed by atoms with Crippen LogP contribution in [0.3, 0.4) is 0 Å². The molecule has 3 N–H and O–H groups in total. The normalized spacial score (nSPS) is 13.3. The van der Waals surface area contributed by atoms with Crippen molar-refractivity contribution in [1.29, 1.82) is 0 Å². The number of benzene rings is 1. The zero-order valence-electron chi connectivity index (χ0n) is 12.0. The largest absolute Gasteiger partial charge is 0.324 e. The molecule has 114 valence electrons. The number of rotatable bonds is 6. The summed E-state index contributed by atoms with van der Waals surface area (Å²) in [6, 6.07) is 6.43. The van der Waals surface area contributed by atoms with Gasteiger partial charge in [-0.25, -0.2) is 18.1 Å². The summed E-state index contributed by atoms with van der Waals surface area (Å²) in [6.07, 6.45) is 2.02. The minimum atomic E-state index is -3.52. The molecule has 2 aromatic rings. The first kappa shape index (κ1) is 15.6. The summed E-state index contributed by atoms with van der Waals surface area (Å²) >= 11 is 0. The molecule has 0 saturated heterocycles. The van der Waals surface area contributed by atoms with Crippen LogP contribution in [0, 0.1) is 0 Å². The van der Waals surface area contributed by atoms with Crippen molar-refractivity contribution in [3.8, 4) is 0 Å². The van der Waals surface area contributed by atoms with Crippen LogP contribution in [-0.4, -0.2) is 29.7 Å². The lowest BCUT2D eigenvalue weighted by atomic mass is 10.1. The number of nitrogens with two attached hydrogens (primary N) is 1. The quantitative estimate of drug-likeness (QED) is 0.802. The van der Waals surface area contributed by atoms with Gasteiger partial charge in [0.15, 0.2) is 5.82 Å². The lowest BCUT2D eigenvalue weighted by molar-refractivity contribution is 0.580. The van der Waals surface area contributed by atoms with Crippen LogP contribution in [0.1, 0.15) is 24.4 Å². The van der Waals surface area contributed by atoms with E-state index in [1.54, 1.807) is 42.3 Å². The molecule has 21 heavy (non-hydrogen) atoms. The van der Waals surface area contributed by atoms with E-state index < -0.39 is 10.0 Å². The third-order valence-electron chi connectivity index (χ3n) is 3.00. The molecule has 0 saturated carbocycles. The second-order valence-electron chi connectivity index (χ2n) is 4.84. The smallest absolute Gasteiger partial charge is 0.240 e. The number of hydrogen-bond donors (Lipinski definition) is 2. The molecule has 0 aliphatic heterocycles. The number of aryl methyl sites for hydroxylation is 1. The van der Waals surface area contributed by atoms with Gasteiger partial charge in [-0.05, 0) is 24.6 Å². The molecule has 1 aromatic heterocycles. The highest BCUT2D eigenvalue weighted by molar-refractivity contribution is 7.89. The summed E-state index contributed by atoms with van der Waals surface area (Å²) in [4.78, 5) is 4.27. The summed E-state index contributed by atoms with van der Waals surface area (Å²) in [5.74, 6) is 0.604. The van der Waals surface area contributed by atoms with Crippen LogP contribution in [0.2, 0.25) is 0 Å². The van der Waals surface area contributed by atoms with Crippen LogP contribution in [0.5, 0.6) is 0 Å². The molecule has 1 heterocycles. The third-order valence-corrected chi connectivity index (χ3v) is 4.48. The maximum atomic E-state index is 12.1. The Morgan fingerprint density at radius 3 is 2.52 bits per heavy atom. The Hall–Kier alpha value is -1.77. The minimum absolute atomic E-state index is 0.120. The Morgan fingerprint density at radius 1 is 1.33 bits per heavy atom. The first-order chi connectivity index (χ1) is 9.88. The van der Waals surface area contributed by atoms with Crippen LogP contribution in [0.15, 0.2) is 35.5 Å². The van der Waals surface area contributed by atoms with Gasteiger partial charge in [-0.15, -0.1) is 0 Å². The Bertz CT molecular complexity index is 692. The summed E-state index contributed by atoms with van der Waals surface area (Å²) in [5.41, 5.74) is 6.63. The molecule has 1 unspecified atom stereocenters. The van der Waals surface area contributed by atoms with E-state index in [9.17, 15) is 8.42 Å². The molecule has 0 amide bonds. The first-order valence-corrected chi connectivity index (χ1v) is 8.06. The second-order valence-corrected chi connectivity index (χ2v) is 6.61. The molecule has 2 rings (SSSR count). The van der Waals surface area contributed by atoms with Crippen molar-refractivity contribution in [2.75, 3.05) is 6.54 Å². The van der Waals surface area contributed by atoms with Gasteiger partial charge < -0.3 is 5.73 Å². The van der Waals surface area contributed by atoms with Crippen molar-refractivity contribution in [3.63, 3.8) is 0 Å². The fourth-order valence-electron chi connectivity index (χ4n) is 1.83. The highest BCUT2D eigenvalue weighted by Crippen LogP contribution is 2.14. The SMILES string of the molecule is CC(N)c1ccc(S(=O)(=O)NCCc2ncn(C)n2)cc1. The van der Waals surface area contributed by atoms with E-state index in [4.69, 9.17) is 5.73 Å². The van der Waals surface area contributed by atoms with Gasteiger partial charge in [-0.3, -0.25) is 4.68 Å². The maximum Gasteiger partial charge on any atom is 0.240 e. The zero-order valence-corrected chi connectivity index (χ0v) is 12.8. The molecule has 1 atom stereocenters. The molecular weight excluding hydrogens is 290 g/mol. The average molecular weight is 309 g/mol. The highest BCUT2D eigenvalue weighted by atomic mass is 32.2. The summed E-state index contributed by atoms with van der Waals surface area (Å²) in [7, 11) is -1.75. The van der Waals surface area contributed by atoms with Crippen LogP contribution in [0.4, 0.5) is 0 Å². The first-order valence-electron chi connectivity index (χ1n) is 6.58. The molecule has 0 bridgehead atoms. The Kier molecular flexibility index (Phi) is 4.71. The van der Waals surface area contributed by atoms with E-state index in [0.717, 1.165) is 5.56 Å². The van der Waals surface area contributed by atoms with Gasteiger partial charge in [-0.2, -0.15) is 5.10 Å². The molecule has 0 aliphatic carbocycles. The Labute approximate surface area is 124 Å². The topological polar surface area (TPSA) is 103 Å². The van der Waals surface area contributed by atoms with E-state index in [1.165, 1.54) is 0 Å². The average Bonchev–Trinajstić information content (AvgIpc) is 2.84. The molecule has 0 fully saturated rings. The van der Waals surface area contributed by atoms with Gasteiger partial charge in [0.2, 0.25) is 10.0 Å². The van der Waals surface area contributed by atoms with Crippen LogP contribution >= 0.6 is 0 Å². The fraction of sp³-hybridized carbons (Fsp3) is 0.385. The van der Waals surface area contributed by atoms with Gasteiger partial charge in [0.05, 0.1) is 4.90 Å². The summed E-state index contributed by atoms with van der Waals surface area (Å²) in [5, 5.41) is 4.09. The number of aromatic nitrogens is 3. The van der Waals surface area contributed by atoms with Gasteiger partial charge in [-0.1, -0.05) is 12.1 Å². The van der Waals surface area contributed by atoms with Crippen molar-refractivity contribution >= 4 is 10.0 Å². The van der Waals surface area contributed by atoms with Crippen LogP contribution in [0.25, 0.3) is 0 Å². The number of nitrogens with zero attached hydrogens (tertiary/aromatic N) is 3. The van der Waals surface area contributed by atoms with Crippen LogP contribution < -0.4 is 10.5 Å². The van der Waals surface area contributed by atoms with Crippen molar-refractivity contribution in [1.82, 2.24) is 19.5 Å². The van der Waals surface area contributed by atoms with Gasteiger partial charge in [0.1, 0.15) is 6.33 Å². The van der Waals surface area contributed by atoms with E-state index in [0.29, 0.717) is 12.2 Å². The maximum absolute atomic E-state index is 12.1. The van der Waals surface area contributed by atoms with E-state index >= 15 is 0 Å². The van der Waals surface area contributed by atoms with Crippen LogP contribution in [-0.2, 0) is 23.5 Å². The Morgan fingerprint density at radius 2 is 2.00 bits per heavy atom. The van der Waals surface area contributed by atoms with Crippen molar-refractivity contribution in [2.45, 2.75) is 24.3 Å². The molecule has 7 nitrogen and oxygen atoms in total. The molecule has 0 spiro atoms. The lowest BCUT2D eigenvalue weighted by Crippen LogP contribution is -2.26. The fourth-order valence-corrected chi connectivity index (χ4v) is 2.86. The standard InChI is InChI=1S/C13H19N5O2S/c1-10(14)11-3-5-12(6-4-11)21(19,20)16-8-7-13-15-9-18(2)17-13/h3-6,9-10,16H,7-8,14H2,1-2H3. The third kappa shape index (κ3) is 4.10. The number of sulfonamides is 1. The number of nitrogens with one attached hydrogen (secondary N) is 1. The summed E-state index contributed by atoms with van der Waals surface area (Å²) < 4.78 is 28.4. The minimum Gasteiger partial charge on any atom is -0.324 e. The van der Waals surface area contributed by atoms with E-state index in [2.05, 4.69) is 14.8 Å². The molecule has 1 aromatic carbocycles. The highest BCUT2D eigenvalue weighted by Gasteiger charge is 2.14. The van der Waals surface area contributed by atoms with E-state index in [1.807, 2.05) is 6.92 Å². The van der Waals surface area contributed by atoms with E-state index in [-0.39, 0.29) is 17.5 Å². The Balaban J connectivity index is 1.97.